The average molecular weight is 853 g/mol. The van der Waals surface area contributed by atoms with Crippen LogP contribution in [0, 0.1) is 3.57 Å². The van der Waals surface area contributed by atoms with E-state index in [1.165, 1.54) is 52.6 Å². The van der Waals surface area contributed by atoms with E-state index in [1.807, 2.05) is 0 Å². The molecule has 6 rings (SSSR count). The van der Waals surface area contributed by atoms with Gasteiger partial charge in [0.15, 0.2) is 0 Å². The first-order valence-corrected chi connectivity index (χ1v) is 14.0. The molecule has 0 radical (unpaired) electrons. The quantitative estimate of drug-likeness (QED) is 0.163. The maximum absolute atomic E-state index is 6.00. The van der Waals surface area contributed by atoms with Crippen LogP contribution in [0.1, 0.15) is 49.9 Å². The molecule has 0 bridgehead atoms. The summed E-state index contributed by atoms with van der Waals surface area (Å²) in [4.78, 5) is 0. The summed E-state index contributed by atoms with van der Waals surface area (Å²) in [5, 5.41) is 0. The zero-order chi connectivity index (χ0) is 24.4. The van der Waals surface area contributed by atoms with Crippen molar-refractivity contribution in [2.75, 3.05) is 5.73 Å². The SMILES string of the molecule is CC1(C)c2ccccc2-c2cc(Br)c(I)cc21.CC1(C)c2ccccc2-c2cc(Br)c(N)cc21.[I-].[K+]. The van der Waals surface area contributed by atoms with Gasteiger partial charge in [-0.15, -0.1) is 0 Å². The van der Waals surface area contributed by atoms with Crippen LogP contribution in [0.25, 0.3) is 22.3 Å². The molecule has 0 aliphatic heterocycles. The third-order valence-electron chi connectivity index (χ3n) is 7.33. The minimum absolute atomic E-state index is 0. The van der Waals surface area contributed by atoms with Crippen LogP contribution in [-0.2, 0) is 10.8 Å². The van der Waals surface area contributed by atoms with Crippen molar-refractivity contribution in [1.82, 2.24) is 0 Å². The third kappa shape index (κ3) is 5.26. The van der Waals surface area contributed by atoms with Gasteiger partial charge in [-0.3, -0.25) is 0 Å². The van der Waals surface area contributed by atoms with Crippen molar-refractivity contribution in [3.05, 3.63) is 108 Å². The zero-order valence-corrected chi connectivity index (χ0v) is 31.6. The smallest absolute Gasteiger partial charge is 1.00 e. The molecule has 0 fully saturated rings. The fourth-order valence-corrected chi connectivity index (χ4v) is 6.59. The fraction of sp³-hybridized carbons (Fsp3) is 0.200. The molecule has 1 nitrogen and oxygen atoms in total. The Balaban J connectivity index is 0.000000190. The maximum Gasteiger partial charge on any atom is 1.00 e. The first kappa shape index (κ1) is 31.3. The minimum Gasteiger partial charge on any atom is -1.00 e. The van der Waals surface area contributed by atoms with Crippen LogP contribution in [0.2, 0.25) is 0 Å². The minimum atomic E-state index is 0. The molecule has 0 saturated carbocycles. The van der Waals surface area contributed by atoms with Crippen LogP contribution in [0.4, 0.5) is 5.69 Å². The Morgan fingerprint density at radius 3 is 1.53 bits per heavy atom. The summed E-state index contributed by atoms with van der Waals surface area (Å²) in [7, 11) is 0. The zero-order valence-electron chi connectivity index (χ0n) is 21.0. The number of hydrogen-bond donors (Lipinski definition) is 1. The van der Waals surface area contributed by atoms with Gasteiger partial charge >= 0.3 is 51.4 Å². The number of nitrogen functional groups attached to an aromatic ring is 1. The molecule has 4 aromatic rings. The van der Waals surface area contributed by atoms with Gasteiger partial charge in [-0.2, -0.15) is 0 Å². The van der Waals surface area contributed by atoms with Crippen molar-refractivity contribution >= 4 is 60.1 Å². The third-order valence-corrected chi connectivity index (χ3v) is 10.3. The van der Waals surface area contributed by atoms with Gasteiger partial charge in [0, 0.05) is 29.0 Å². The number of nitrogens with two attached hydrogens (primary N) is 1. The van der Waals surface area contributed by atoms with Crippen LogP contribution in [-0.4, -0.2) is 0 Å². The number of hydrogen-bond acceptors (Lipinski definition) is 1. The Hall–Kier alpha value is 0.736. The van der Waals surface area contributed by atoms with Crippen LogP contribution >= 0.6 is 54.5 Å². The second-order valence-electron chi connectivity index (χ2n) is 10.1. The molecule has 0 unspecified atom stereocenters. The molecule has 0 aromatic heterocycles. The van der Waals surface area contributed by atoms with E-state index in [-0.39, 0.29) is 86.2 Å². The Bertz CT molecular complexity index is 1350. The second kappa shape index (κ2) is 11.7. The van der Waals surface area contributed by atoms with Crippen LogP contribution in [0.15, 0.2) is 81.7 Å². The first-order chi connectivity index (χ1) is 16.0. The topological polar surface area (TPSA) is 26.0 Å². The van der Waals surface area contributed by atoms with Crippen LogP contribution < -0.4 is 81.1 Å². The molecule has 0 spiro atoms. The Morgan fingerprint density at radius 2 is 1.03 bits per heavy atom. The molecular weight excluding hydrogens is 827 g/mol. The van der Waals surface area contributed by atoms with Gasteiger partial charge in [0.25, 0.3) is 0 Å². The molecule has 2 N–H and O–H groups in total. The fourth-order valence-electron chi connectivity index (χ4n) is 5.43. The molecule has 0 atom stereocenters. The summed E-state index contributed by atoms with van der Waals surface area (Å²) in [6.45, 7) is 9.12. The van der Waals surface area contributed by atoms with Gasteiger partial charge in [-0.05, 0) is 123 Å². The number of anilines is 1. The van der Waals surface area contributed by atoms with Crippen molar-refractivity contribution in [3.63, 3.8) is 0 Å². The van der Waals surface area contributed by atoms with Gasteiger partial charge in [-0.1, -0.05) is 76.2 Å². The van der Waals surface area contributed by atoms with Gasteiger partial charge in [0.05, 0.1) is 0 Å². The van der Waals surface area contributed by atoms with Crippen LogP contribution in [0.3, 0.4) is 0 Å². The van der Waals surface area contributed by atoms with E-state index >= 15 is 0 Å². The Kier molecular flexibility index (Phi) is 10.2. The van der Waals surface area contributed by atoms with E-state index in [4.69, 9.17) is 5.73 Å². The summed E-state index contributed by atoms with van der Waals surface area (Å²) in [5.74, 6) is 0. The van der Waals surface area contributed by atoms with Gasteiger partial charge < -0.3 is 29.7 Å². The molecule has 2 aliphatic rings. The van der Waals surface area contributed by atoms with Crippen molar-refractivity contribution < 1.29 is 75.4 Å². The summed E-state index contributed by atoms with van der Waals surface area (Å²) in [6, 6.07) is 26.1. The normalized spacial score (nSPS) is 14.6. The van der Waals surface area contributed by atoms with Gasteiger partial charge in [0.2, 0.25) is 0 Å². The largest absolute Gasteiger partial charge is 1.00 e. The molecule has 36 heavy (non-hydrogen) atoms. The molecule has 6 heteroatoms. The summed E-state index contributed by atoms with van der Waals surface area (Å²) in [5.41, 5.74) is 17.9. The Labute approximate surface area is 304 Å². The van der Waals surface area contributed by atoms with E-state index in [9.17, 15) is 0 Å². The molecule has 0 amide bonds. The van der Waals surface area contributed by atoms with E-state index in [1.54, 1.807) is 0 Å². The molecule has 2 aliphatic carbocycles. The predicted octanol–water partition coefficient (Wildman–Crippen LogP) is 3.71. The first-order valence-electron chi connectivity index (χ1n) is 11.3. The van der Waals surface area contributed by atoms with E-state index in [0.29, 0.717) is 0 Å². The number of halogens is 4. The second-order valence-corrected chi connectivity index (χ2v) is 12.9. The molecule has 0 heterocycles. The van der Waals surface area contributed by atoms with Crippen molar-refractivity contribution in [2.24, 2.45) is 0 Å². The van der Waals surface area contributed by atoms with Gasteiger partial charge in [-0.25, -0.2) is 0 Å². The average Bonchev–Trinajstić information content (AvgIpc) is 3.15. The van der Waals surface area contributed by atoms with Crippen molar-refractivity contribution in [1.29, 1.82) is 0 Å². The monoisotopic (exact) mass is 851 g/mol. The molecular formula is C30H26Br2I2KN. The number of fused-ring (bicyclic) bond motifs is 6. The van der Waals surface area contributed by atoms with E-state index in [0.717, 1.165) is 10.2 Å². The predicted molar refractivity (Wildman–Crippen MR) is 161 cm³/mol. The maximum atomic E-state index is 6.00. The summed E-state index contributed by atoms with van der Waals surface area (Å²) >= 11 is 9.53. The van der Waals surface area contributed by atoms with E-state index < -0.39 is 0 Å². The Morgan fingerprint density at radius 1 is 0.611 bits per heavy atom. The standard InChI is InChI=1S/C15H12BrI.C15H14BrN.HI.K/c2*1-15(2)11-6-4-3-5-9(11)10-7-13(16)14(17)8-12(10)15;;/h3-8H,1-2H3;3-8H,17H2,1-2H3;1H;/q;;;+1/p-1. The number of rotatable bonds is 0. The molecule has 4 aromatic carbocycles. The van der Waals surface area contributed by atoms with Crippen molar-refractivity contribution in [2.45, 2.75) is 38.5 Å². The number of benzene rings is 4. The summed E-state index contributed by atoms with van der Waals surface area (Å²) < 4.78 is 3.44. The molecule has 180 valence electrons. The van der Waals surface area contributed by atoms with E-state index in [2.05, 4.69) is 155 Å². The van der Waals surface area contributed by atoms with Crippen molar-refractivity contribution in [3.8, 4) is 22.3 Å². The van der Waals surface area contributed by atoms with Crippen LogP contribution in [0.5, 0.6) is 0 Å². The summed E-state index contributed by atoms with van der Waals surface area (Å²) in [6.07, 6.45) is 0. The van der Waals surface area contributed by atoms with Gasteiger partial charge in [0.1, 0.15) is 0 Å². The molecule has 0 saturated heterocycles.